The van der Waals surface area contributed by atoms with Gasteiger partial charge in [-0.3, -0.25) is 0 Å². The minimum absolute atomic E-state index is 1.23. The summed E-state index contributed by atoms with van der Waals surface area (Å²) in [7, 11) is 0. The minimum atomic E-state index is 1.23. The molecular formula is C46H30. The lowest BCUT2D eigenvalue weighted by molar-refractivity contribution is 1.60. The third-order valence-corrected chi connectivity index (χ3v) is 9.42. The predicted octanol–water partition coefficient (Wildman–Crippen LogP) is 13.0. The Labute approximate surface area is 268 Å². The van der Waals surface area contributed by atoms with E-state index in [9.17, 15) is 0 Å². The Bertz CT molecular complexity index is 2510. The van der Waals surface area contributed by atoms with Crippen molar-refractivity contribution in [1.82, 2.24) is 0 Å². The van der Waals surface area contributed by atoms with E-state index < -0.39 is 0 Å². The summed E-state index contributed by atoms with van der Waals surface area (Å²) in [4.78, 5) is 0. The van der Waals surface area contributed by atoms with E-state index >= 15 is 0 Å². The topological polar surface area (TPSA) is 0 Å². The van der Waals surface area contributed by atoms with E-state index in [1.165, 1.54) is 87.6 Å². The lowest BCUT2D eigenvalue weighted by Gasteiger charge is -2.19. The normalized spacial score (nSPS) is 11.5. The van der Waals surface area contributed by atoms with E-state index in [-0.39, 0.29) is 0 Å². The fraction of sp³-hybridized carbons (Fsp3) is 0. The molecule has 0 radical (unpaired) electrons. The van der Waals surface area contributed by atoms with Gasteiger partial charge in [0.05, 0.1) is 0 Å². The third-order valence-electron chi connectivity index (χ3n) is 9.42. The Morgan fingerprint density at radius 3 is 1.41 bits per heavy atom. The van der Waals surface area contributed by atoms with Crippen molar-refractivity contribution < 1.29 is 0 Å². The van der Waals surface area contributed by atoms with Gasteiger partial charge in [0.15, 0.2) is 0 Å². The van der Waals surface area contributed by atoms with E-state index in [1.54, 1.807) is 0 Å². The van der Waals surface area contributed by atoms with Crippen LogP contribution in [0.4, 0.5) is 0 Å². The molecule has 0 atom stereocenters. The highest BCUT2D eigenvalue weighted by Crippen LogP contribution is 2.45. The number of hydrogen-bond donors (Lipinski definition) is 0. The quantitative estimate of drug-likeness (QED) is 0.181. The van der Waals surface area contributed by atoms with Crippen LogP contribution in [0, 0.1) is 0 Å². The van der Waals surface area contributed by atoms with E-state index in [1.807, 2.05) is 0 Å². The van der Waals surface area contributed by atoms with Gasteiger partial charge < -0.3 is 0 Å². The molecule has 0 aromatic heterocycles. The Morgan fingerprint density at radius 2 is 0.696 bits per heavy atom. The first kappa shape index (κ1) is 26.4. The van der Waals surface area contributed by atoms with Crippen LogP contribution >= 0.6 is 0 Å². The van der Waals surface area contributed by atoms with Gasteiger partial charge in [0, 0.05) is 0 Å². The summed E-state index contributed by atoms with van der Waals surface area (Å²) in [5.74, 6) is 0. The minimum Gasteiger partial charge on any atom is -0.0622 e. The Kier molecular flexibility index (Phi) is 6.25. The molecule has 9 aromatic rings. The van der Waals surface area contributed by atoms with Gasteiger partial charge in [-0.05, 0) is 106 Å². The van der Waals surface area contributed by atoms with Crippen molar-refractivity contribution >= 4 is 43.1 Å². The smallest absolute Gasteiger partial charge is 0.00201 e. The van der Waals surface area contributed by atoms with Gasteiger partial charge in [-0.1, -0.05) is 164 Å². The Morgan fingerprint density at radius 1 is 0.217 bits per heavy atom. The molecule has 214 valence electrons. The zero-order valence-corrected chi connectivity index (χ0v) is 25.3. The fourth-order valence-corrected chi connectivity index (χ4v) is 7.26. The van der Waals surface area contributed by atoms with Crippen molar-refractivity contribution in [1.29, 1.82) is 0 Å². The summed E-state index contributed by atoms with van der Waals surface area (Å²) in [5.41, 5.74) is 10.0. The summed E-state index contributed by atoms with van der Waals surface area (Å²) >= 11 is 0. The molecule has 0 aliphatic rings. The van der Waals surface area contributed by atoms with E-state index in [4.69, 9.17) is 0 Å². The molecule has 0 N–H and O–H groups in total. The molecule has 0 fully saturated rings. The Balaban J connectivity index is 1.26. The summed E-state index contributed by atoms with van der Waals surface area (Å²) in [6.07, 6.45) is 0. The SMILES string of the molecule is c1ccc(-c2cccc(-c3ccc4ccc(-c5c6ccccc6c(-c6cccc7ccccc67)c6ccccc56)cc4c3)c2)cc1. The summed E-state index contributed by atoms with van der Waals surface area (Å²) in [5, 5.41) is 10.1. The maximum absolute atomic E-state index is 2.38. The first-order chi connectivity index (χ1) is 22.8. The van der Waals surface area contributed by atoms with Crippen LogP contribution in [-0.2, 0) is 0 Å². The van der Waals surface area contributed by atoms with E-state index in [2.05, 4.69) is 182 Å². The second-order valence-corrected chi connectivity index (χ2v) is 12.1. The van der Waals surface area contributed by atoms with Gasteiger partial charge in [0.25, 0.3) is 0 Å². The van der Waals surface area contributed by atoms with E-state index in [0.717, 1.165) is 0 Å². The zero-order chi connectivity index (χ0) is 30.5. The molecular weight excluding hydrogens is 553 g/mol. The van der Waals surface area contributed by atoms with Gasteiger partial charge in [-0.2, -0.15) is 0 Å². The number of hydrogen-bond acceptors (Lipinski definition) is 0. The molecule has 0 unspecified atom stereocenters. The van der Waals surface area contributed by atoms with Gasteiger partial charge >= 0.3 is 0 Å². The van der Waals surface area contributed by atoms with Gasteiger partial charge in [0.1, 0.15) is 0 Å². The average Bonchev–Trinajstić information content (AvgIpc) is 3.13. The molecule has 9 aromatic carbocycles. The summed E-state index contributed by atoms with van der Waals surface area (Å²) in [6.45, 7) is 0. The standard InChI is InChI=1S/C46H30/c1-2-12-31(13-3-1)34-16-10-17-35(28-34)36-26-24-32-25-27-37(30-38(32)29-36)45-41-19-6-8-21-43(41)46(44-22-9-7-20-42(44)45)40-23-11-15-33-14-4-5-18-39(33)40/h1-30H. The predicted molar refractivity (Wildman–Crippen MR) is 198 cm³/mol. The van der Waals surface area contributed by atoms with Crippen molar-refractivity contribution in [3.63, 3.8) is 0 Å². The molecule has 0 aliphatic heterocycles. The molecule has 0 heteroatoms. The zero-order valence-electron chi connectivity index (χ0n) is 25.3. The highest BCUT2D eigenvalue weighted by atomic mass is 14.2. The van der Waals surface area contributed by atoms with Crippen molar-refractivity contribution in [3.05, 3.63) is 182 Å². The molecule has 0 nitrogen and oxygen atoms in total. The van der Waals surface area contributed by atoms with Crippen molar-refractivity contribution in [2.24, 2.45) is 0 Å². The third kappa shape index (κ3) is 4.38. The molecule has 46 heavy (non-hydrogen) atoms. The molecule has 0 saturated carbocycles. The van der Waals surface area contributed by atoms with E-state index in [0.29, 0.717) is 0 Å². The molecule has 0 spiro atoms. The molecule has 0 aliphatic carbocycles. The molecule has 0 amide bonds. The van der Waals surface area contributed by atoms with Crippen molar-refractivity contribution in [3.8, 4) is 44.5 Å². The summed E-state index contributed by atoms with van der Waals surface area (Å²) < 4.78 is 0. The second kappa shape index (κ2) is 10.9. The number of fused-ring (bicyclic) bond motifs is 4. The van der Waals surface area contributed by atoms with Crippen molar-refractivity contribution in [2.75, 3.05) is 0 Å². The number of benzene rings is 9. The monoisotopic (exact) mass is 582 g/mol. The molecule has 0 saturated heterocycles. The van der Waals surface area contributed by atoms with Crippen LogP contribution < -0.4 is 0 Å². The molecule has 9 rings (SSSR count). The highest BCUT2D eigenvalue weighted by molar-refractivity contribution is 6.23. The molecule has 0 bridgehead atoms. The molecule has 0 heterocycles. The van der Waals surface area contributed by atoms with Crippen LogP contribution in [0.15, 0.2) is 182 Å². The van der Waals surface area contributed by atoms with Crippen LogP contribution in [-0.4, -0.2) is 0 Å². The first-order valence-electron chi connectivity index (χ1n) is 15.9. The van der Waals surface area contributed by atoms with Crippen molar-refractivity contribution in [2.45, 2.75) is 0 Å². The first-order valence-corrected chi connectivity index (χ1v) is 15.9. The highest BCUT2D eigenvalue weighted by Gasteiger charge is 2.18. The maximum Gasteiger partial charge on any atom is -0.00201 e. The maximum atomic E-state index is 2.38. The van der Waals surface area contributed by atoms with Crippen LogP contribution in [0.2, 0.25) is 0 Å². The summed E-state index contributed by atoms with van der Waals surface area (Å²) in [6, 6.07) is 66.5. The average molecular weight is 583 g/mol. The largest absolute Gasteiger partial charge is 0.0622 e. The van der Waals surface area contributed by atoms with Gasteiger partial charge in [0.2, 0.25) is 0 Å². The van der Waals surface area contributed by atoms with Crippen LogP contribution in [0.1, 0.15) is 0 Å². The lowest BCUT2D eigenvalue weighted by Crippen LogP contribution is -1.91. The van der Waals surface area contributed by atoms with Gasteiger partial charge in [-0.15, -0.1) is 0 Å². The second-order valence-electron chi connectivity index (χ2n) is 12.1. The number of rotatable bonds is 4. The van der Waals surface area contributed by atoms with Crippen LogP contribution in [0.3, 0.4) is 0 Å². The van der Waals surface area contributed by atoms with Crippen LogP contribution in [0.25, 0.3) is 87.6 Å². The van der Waals surface area contributed by atoms with Crippen LogP contribution in [0.5, 0.6) is 0 Å². The fourth-order valence-electron chi connectivity index (χ4n) is 7.26. The lowest BCUT2D eigenvalue weighted by atomic mass is 9.84. The van der Waals surface area contributed by atoms with Gasteiger partial charge in [-0.25, -0.2) is 0 Å². The Hall–Kier alpha value is -5.98.